The molecule has 5 rings (SSSR count). The summed E-state index contributed by atoms with van der Waals surface area (Å²) in [4.78, 5) is 19.9. The second-order valence-corrected chi connectivity index (χ2v) is 8.76. The highest BCUT2D eigenvalue weighted by Crippen LogP contribution is 2.33. The molecule has 1 aromatic carbocycles. The number of nitrogens with zero attached hydrogens (tertiary/aromatic N) is 4. The first-order chi connectivity index (χ1) is 15.0. The molecule has 0 spiro atoms. The summed E-state index contributed by atoms with van der Waals surface area (Å²) < 4.78 is 7.07. The Morgan fingerprint density at radius 2 is 2.00 bits per heavy atom. The van der Waals surface area contributed by atoms with Gasteiger partial charge in [0.1, 0.15) is 17.7 Å². The highest BCUT2D eigenvalue weighted by Gasteiger charge is 2.26. The first kappa shape index (κ1) is 20.2. The molecule has 164 valence electrons. The maximum Gasteiger partial charge on any atom is 0.257 e. The quantitative estimate of drug-likeness (QED) is 0.663. The Kier molecular flexibility index (Phi) is 5.27. The van der Waals surface area contributed by atoms with Crippen molar-refractivity contribution >= 4 is 11.0 Å². The maximum atomic E-state index is 13.0. The predicted molar refractivity (Wildman–Crippen MR) is 115 cm³/mol. The lowest BCUT2D eigenvalue weighted by molar-refractivity contribution is 0.129. The minimum Gasteiger partial charge on any atom is -0.508 e. The molecule has 1 saturated heterocycles. The molecule has 1 fully saturated rings. The highest BCUT2D eigenvalue weighted by atomic mass is 16.5. The van der Waals surface area contributed by atoms with Crippen molar-refractivity contribution in [1.29, 1.82) is 0 Å². The molecule has 0 bridgehead atoms. The Morgan fingerprint density at radius 3 is 2.81 bits per heavy atom. The molecule has 0 aliphatic carbocycles. The van der Waals surface area contributed by atoms with Crippen molar-refractivity contribution in [2.24, 2.45) is 0 Å². The monoisotopic (exact) mass is 424 g/mol. The van der Waals surface area contributed by atoms with Crippen molar-refractivity contribution in [3.05, 3.63) is 51.3 Å². The minimum atomic E-state index is -0.634. The molecule has 8 heteroatoms. The third kappa shape index (κ3) is 3.74. The number of aromatic hydroxyl groups is 1. The molecule has 2 aliphatic rings. The number of hydrogen-bond donors (Lipinski definition) is 2. The molecule has 2 aliphatic heterocycles. The van der Waals surface area contributed by atoms with Crippen molar-refractivity contribution in [3.63, 3.8) is 0 Å². The van der Waals surface area contributed by atoms with Gasteiger partial charge in [0.2, 0.25) is 0 Å². The number of likely N-dealkylation sites (tertiary alicyclic amines) is 1. The van der Waals surface area contributed by atoms with Crippen molar-refractivity contribution in [2.75, 3.05) is 19.6 Å². The van der Waals surface area contributed by atoms with Crippen LogP contribution in [0.2, 0.25) is 0 Å². The van der Waals surface area contributed by atoms with E-state index in [9.17, 15) is 15.0 Å². The minimum absolute atomic E-state index is 0.00783. The molecule has 31 heavy (non-hydrogen) atoms. The fourth-order valence-electron chi connectivity index (χ4n) is 4.99. The topological polar surface area (TPSA) is 105 Å². The van der Waals surface area contributed by atoms with Gasteiger partial charge in [-0.05, 0) is 64.3 Å². The Bertz CT molecular complexity index is 1160. The summed E-state index contributed by atoms with van der Waals surface area (Å²) in [5.41, 5.74) is 3.11. The van der Waals surface area contributed by atoms with Crippen LogP contribution in [0, 0.1) is 6.92 Å². The van der Waals surface area contributed by atoms with E-state index in [1.807, 2.05) is 13.0 Å². The summed E-state index contributed by atoms with van der Waals surface area (Å²) in [7, 11) is 0. The number of piperidine rings is 1. The molecule has 1 unspecified atom stereocenters. The second-order valence-electron chi connectivity index (χ2n) is 8.76. The van der Waals surface area contributed by atoms with Gasteiger partial charge in [-0.2, -0.15) is 0 Å². The Labute approximate surface area is 180 Å². The first-order valence-electron chi connectivity index (χ1n) is 11.1. The lowest BCUT2D eigenvalue weighted by atomic mass is 9.91. The molecular weight excluding hydrogens is 396 g/mol. The van der Waals surface area contributed by atoms with Crippen LogP contribution in [-0.2, 0) is 13.0 Å². The van der Waals surface area contributed by atoms with Gasteiger partial charge < -0.3 is 19.6 Å². The number of phenolic OH excluding ortho intramolecular Hbond substituents is 1. The highest BCUT2D eigenvalue weighted by molar-refractivity contribution is 5.81. The first-order valence-corrected chi connectivity index (χ1v) is 11.1. The van der Waals surface area contributed by atoms with Crippen LogP contribution in [0.1, 0.15) is 60.5 Å². The number of hydrogen-bond acceptors (Lipinski definition) is 7. The van der Waals surface area contributed by atoms with Crippen LogP contribution in [0.5, 0.6) is 5.75 Å². The molecule has 0 amide bonds. The van der Waals surface area contributed by atoms with E-state index in [1.54, 1.807) is 16.7 Å². The van der Waals surface area contributed by atoms with E-state index in [0.717, 1.165) is 61.2 Å². The van der Waals surface area contributed by atoms with Crippen molar-refractivity contribution in [1.82, 2.24) is 19.6 Å². The van der Waals surface area contributed by atoms with Crippen LogP contribution in [0.15, 0.2) is 27.5 Å². The predicted octanol–water partition coefficient (Wildman–Crippen LogP) is 2.65. The fraction of sp³-hybridized carbons (Fsp3) is 0.522. The Balaban J connectivity index is 1.24. The average molecular weight is 425 g/mol. The van der Waals surface area contributed by atoms with E-state index < -0.39 is 6.10 Å². The SMILES string of the molecule is Cc1nc2n(c(=O)c1CCN1CCC(c3noc4cc(O)ccc34)CC1)CCCC2O. The van der Waals surface area contributed by atoms with E-state index in [4.69, 9.17) is 4.52 Å². The zero-order chi connectivity index (χ0) is 21.5. The standard InChI is InChI=1S/C23H28N4O4/c1-14-17(23(30)27-9-2-3-19(29)22(27)24-14)8-12-26-10-6-15(7-11-26)21-18-5-4-16(28)13-20(18)31-25-21/h4-5,13,15,19,28-29H,2-3,6-12H2,1H3. The van der Waals surface area contributed by atoms with Crippen LogP contribution in [0.3, 0.4) is 0 Å². The van der Waals surface area contributed by atoms with Crippen LogP contribution in [0.4, 0.5) is 0 Å². The van der Waals surface area contributed by atoms with Crippen molar-refractivity contribution in [2.45, 2.75) is 57.6 Å². The smallest absolute Gasteiger partial charge is 0.257 e. The normalized spacial score (nSPS) is 20.3. The molecule has 3 aromatic rings. The number of phenols is 1. The summed E-state index contributed by atoms with van der Waals surface area (Å²) in [6.45, 7) is 5.21. The summed E-state index contributed by atoms with van der Waals surface area (Å²) in [5, 5.41) is 25.0. The maximum absolute atomic E-state index is 13.0. The third-order valence-corrected chi connectivity index (χ3v) is 6.79. The van der Waals surface area contributed by atoms with E-state index >= 15 is 0 Å². The van der Waals surface area contributed by atoms with Crippen LogP contribution in [0.25, 0.3) is 11.0 Å². The van der Waals surface area contributed by atoms with Gasteiger partial charge in [0.05, 0.1) is 5.69 Å². The molecule has 2 N–H and O–H groups in total. The zero-order valence-electron chi connectivity index (χ0n) is 17.8. The van der Waals surface area contributed by atoms with Gasteiger partial charge in [0, 0.05) is 41.7 Å². The van der Waals surface area contributed by atoms with Crippen molar-refractivity contribution in [3.8, 4) is 5.75 Å². The number of aryl methyl sites for hydroxylation is 1. The number of aliphatic hydroxyl groups excluding tert-OH is 1. The molecule has 4 heterocycles. The lowest BCUT2D eigenvalue weighted by Gasteiger charge is -2.31. The molecule has 2 aromatic heterocycles. The molecule has 8 nitrogen and oxygen atoms in total. The number of aromatic nitrogens is 3. The second kappa shape index (κ2) is 8.09. The van der Waals surface area contributed by atoms with E-state index in [1.165, 1.54) is 0 Å². The van der Waals surface area contributed by atoms with Gasteiger partial charge in [-0.25, -0.2) is 4.98 Å². The number of rotatable bonds is 4. The van der Waals surface area contributed by atoms with Gasteiger partial charge in [0.15, 0.2) is 5.58 Å². The lowest BCUT2D eigenvalue weighted by Crippen LogP contribution is -2.37. The zero-order valence-corrected chi connectivity index (χ0v) is 17.8. The molecule has 1 atom stereocenters. The Hall–Kier alpha value is -2.71. The van der Waals surface area contributed by atoms with Gasteiger partial charge in [-0.1, -0.05) is 5.16 Å². The number of fused-ring (bicyclic) bond motifs is 2. The van der Waals surface area contributed by atoms with Crippen LogP contribution >= 0.6 is 0 Å². The summed E-state index contributed by atoms with van der Waals surface area (Å²) in [6.07, 6.45) is 3.48. The third-order valence-electron chi connectivity index (χ3n) is 6.79. The van der Waals surface area contributed by atoms with E-state index in [-0.39, 0.29) is 11.3 Å². The Morgan fingerprint density at radius 1 is 1.19 bits per heavy atom. The van der Waals surface area contributed by atoms with Gasteiger partial charge in [0.25, 0.3) is 5.56 Å². The number of aliphatic hydroxyl groups is 1. The van der Waals surface area contributed by atoms with Crippen molar-refractivity contribution < 1.29 is 14.7 Å². The van der Waals surface area contributed by atoms with E-state index in [2.05, 4.69) is 15.0 Å². The largest absolute Gasteiger partial charge is 0.508 e. The van der Waals surface area contributed by atoms with Crippen LogP contribution < -0.4 is 5.56 Å². The van der Waals surface area contributed by atoms with Gasteiger partial charge in [-0.3, -0.25) is 9.36 Å². The molecule has 0 saturated carbocycles. The number of benzene rings is 1. The van der Waals surface area contributed by atoms with Gasteiger partial charge >= 0.3 is 0 Å². The molecule has 0 radical (unpaired) electrons. The van der Waals surface area contributed by atoms with Crippen LogP contribution in [-0.4, -0.2) is 49.5 Å². The average Bonchev–Trinajstić information content (AvgIpc) is 3.18. The summed E-state index contributed by atoms with van der Waals surface area (Å²) >= 11 is 0. The van der Waals surface area contributed by atoms with E-state index in [0.29, 0.717) is 36.7 Å². The summed E-state index contributed by atoms with van der Waals surface area (Å²) in [6, 6.07) is 5.15. The summed E-state index contributed by atoms with van der Waals surface area (Å²) in [5.74, 6) is 1.04. The van der Waals surface area contributed by atoms with Gasteiger partial charge in [-0.15, -0.1) is 0 Å². The molecular formula is C23H28N4O4. The fourth-order valence-corrected chi connectivity index (χ4v) is 4.99.